The van der Waals surface area contributed by atoms with E-state index >= 15 is 0 Å². The molecule has 1 aromatic heterocycles. The van der Waals surface area contributed by atoms with Crippen LogP contribution in [-0.2, 0) is 0 Å². The number of aromatic nitrogens is 2. The molecule has 2 fully saturated rings. The number of hydrogen-bond donors (Lipinski definition) is 2. The lowest BCUT2D eigenvalue weighted by atomic mass is 9.79. The zero-order valence-corrected chi connectivity index (χ0v) is 16.4. The Kier molecular flexibility index (Phi) is 4.82. The monoisotopic (exact) mass is 398 g/mol. The van der Waals surface area contributed by atoms with Crippen molar-refractivity contribution in [2.75, 3.05) is 0 Å². The Balaban J connectivity index is 1.33. The summed E-state index contributed by atoms with van der Waals surface area (Å²) in [6.45, 7) is 0. The summed E-state index contributed by atoms with van der Waals surface area (Å²) in [6.07, 6.45) is 2.29. The van der Waals surface area contributed by atoms with E-state index in [1.165, 1.54) is 0 Å². The largest absolute Gasteiger partial charge is 0.457 e. The molecule has 3 aromatic rings. The van der Waals surface area contributed by atoms with E-state index in [9.17, 15) is 10.1 Å². The van der Waals surface area contributed by atoms with Crippen LogP contribution in [0.15, 0.2) is 60.7 Å². The quantitative estimate of drug-likeness (QED) is 0.603. The van der Waals surface area contributed by atoms with Crippen LogP contribution in [0.4, 0.5) is 0 Å². The van der Waals surface area contributed by atoms with Gasteiger partial charge in [-0.3, -0.25) is 9.89 Å². The predicted octanol–water partition coefficient (Wildman–Crippen LogP) is 4.33. The smallest absolute Gasteiger partial charge is 0.180 e. The number of benzene rings is 2. The number of hydrogen-bond acceptors (Lipinski definition) is 5. The molecule has 0 amide bonds. The van der Waals surface area contributed by atoms with Crippen molar-refractivity contribution in [1.82, 2.24) is 15.5 Å². The van der Waals surface area contributed by atoms with E-state index in [0.717, 1.165) is 24.2 Å². The number of rotatable bonds is 6. The number of para-hydroxylation sites is 2. The minimum absolute atomic E-state index is 0.0147. The summed E-state index contributed by atoms with van der Waals surface area (Å²) in [6, 6.07) is 21.9. The van der Waals surface area contributed by atoms with Gasteiger partial charge in [0.2, 0.25) is 0 Å². The van der Waals surface area contributed by atoms with Crippen LogP contribution < -0.4 is 10.1 Å². The molecule has 0 aliphatic carbocycles. The van der Waals surface area contributed by atoms with Gasteiger partial charge in [0.15, 0.2) is 5.78 Å². The van der Waals surface area contributed by atoms with Gasteiger partial charge >= 0.3 is 0 Å². The molecule has 2 N–H and O–H groups in total. The summed E-state index contributed by atoms with van der Waals surface area (Å²) in [5.41, 5.74) is 1.99. The third-order valence-corrected chi connectivity index (χ3v) is 6.12. The Labute approximate surface area is 174 Å². The second kappa shape index (κ2) is 7.77. The maximum atomic E-state index is 12.9. The van der Waals surface area contributed by atoms with Gasteiger partial charge in [-0.2, -0.15) is 10.4 Å². The SMILES string of the molecule is N#CC1C[C@@H]2C[C@H](CC(=O)c3cc(-c4ccccc4Oc4ccccc4)n[nH]3)[C@H]1N2. The van der Waals surface area contributed by atoms with Crippen molar-refractivity contribution in [3.05, 3.63) is 66.4 Å². The molecule has 2 aliphatic heterocycles. The summed E-state index contributed by atoms with van der Waals surface area (Å²) in [4.78, 5) is 12.9. The zero-order valence-electron chi connectivity index (χ0n) is 16.4. The van der Waals surface area contributed by atoms with E-state index in [4.69, 9.17) is 4.74 Å². The second-order valence-corrected chi connectivity index (χ2v) is 8.06. The van der Waals surface area contributed by atoms with Gasteiger partial charge in [0, 0.05) is 24.1 Å². The molecule has 0 saturated carbocycles. The van der Waals surface area contributed by atoms with E-state index < -0.39 is 0 Å². The van der Waals surface area contributed by atoms with Crippen LogP contribution in [-0.4, -0.2) is 28.1 Å². The van der Waals surface area contributed by atoms with Crippen LogP contribution in [0, 0.1) is 23.2 Å². The highest BCUT2D eigenvalue weighted by atomic mass is 16.5. The van der Waals surface area contributed by atoms with Gasteiger partial charge < -0.3 is 10.1 Å². The van der Waals surface area contributed by atoms with Gasteiger partial charge in [-0.25, -0.2) is 0 Å². The maximum absolute atomic E-state index is 12.9. The van der Waals surface area contributed by atoms with Crippen LogP contribution in [0.25, 0.3) is 11.3 Å². The third kappa shape index (κ3) is 3.49. The number of carbonyl (C=O) groups excluding carboxylic acids is 1. The van der Waals surface area contributed by atoms with E-state index in [2.05, 4.69) is 21.6 Å². The van der Waals surface area contributed by atoms with Crippen molar-refractivity contribution >= 4 is 5.78 Å². The first-order chi connectivity index (χ1) is 14.7. The van der Waals surface area contributed by atoms with Gasteiger partial charge in [-0.15, -0.1) is 0 Å². The molecule has 0 radical (unpaired) electrons. The molecule has 0 spiro atoms. The Hall–Kier alpha value is -3.43. The average molecular weight is 398 g/mol. The third-order valence-electron chi connectivity index (χ3n) is 6.12. The van der Waals surface area contributed by atoms with E-state index in [-0.39, 0.29) is 23.7 Å². The van der Waals surface area contributed by atoms with Gasteiger partial charge in [0.05, 0.1) is 17.7 Å². The van der Waals surface area contributed by atoms with Gasteiger partial charge in [0.1, 0.15) is 17.2 Å². The molecule has 2 aromatic carbocycles. The number of nitrogens with zero attached hydrogens (tertiary/aromatic N) is 2. The second-order valence-electron chi connectivity index (χ2n) is 8.06. The van der Waals surface area contributed by atoms with Crippen LogP contribution in [0.5, 0.6) is 11.5 Å². The van der Waals surface area contributed by atoms with Crippen LogP contribution >= 0.6 is 0 Å². The Bertz CT molecular complexity index is 1100. The minimum Gasteiger partial charge on any atom is -0.457 e. The molecule has 2 saturated heterocycles. The molecular formula is C24H22N4O2. The maximum Gasteiger partial charge on any atom is 0.180 e. The summed E-state index contributed by atoms with van der Waals surface area (Å²) < 4.78 is 6.02. The molecule has 6 nitrogen and oxygen atoms in total. The van der Waals surface area contributed by atoms with Crippen LogP contribution in [0.3, 0.4) is 0 Å². The van der Waals surface area contributed by atoms with Gasteiger partial charge in [0.25, 0.3) is 0 Å². The highest BCUT2D eigenvalue weighted by Crippen LogP contribution is 2.39. The molecule has 4 atom stereocenters. The summed E-state index contributed by atoms with van der Waals surface area (Å²) in [7, 11) is 0. The summed E-state index contributed by atoms with van der Waals surface area (Å²) in [5, 5.41) is 20.1. The highest BCUT2D eigenvalue weighted by Gasteiger charge is 2.46. The molecule has 6 heteroatoms. The normalized spacial score (nSPS) is 24.5. The standard InChI is InChI=1S/C24H22N4O2/c25-14-16-11-17-10-15(24(16)26-17)12-22(29)21-13-20(27-28-21)19-8-4-5-9-23(19)30-18-6-2-1-3-7-18/h1-9,13,15-17,24,26H,10-12H2,(H,27,28)/t15-,16?,17+,24-/m1/s1. The number of carbonyl (C=O) groups is 1. The lowest BCUT2D eigenvalue weighted by molar-refractivity contribution is 0.0945. The molecular weight excluding hydrogens is 376 g/mol. The van der Waals surface area contributed by atoms with E-state index in [1.807, 2.05) is 54.6 Å². The molecule has 2 bridgehead atoms. The molecule has 3 heterocycles. The molecule has 30 heavy (non-hydrogen) atoms. The topological polar surface area (TPSA) is 90.8 Å². The first-order valence-corrected chi connectivity index (χ1v) is 10.3. The van der Waals surface area contributed by atoms with Crippen LogP contribution in [0.2, 0.25) is 0 Å². The number of fused-ring (bicyclic) bond motifs is 2. The Morgan fingerprint density at radius 2 is 1.93 bits per heavy atom. The van der Waals surface area contributed by atoms with Crippen molar-refractivity contribution in [2.24, 2.45) is 11.8 Å². The predicted molar refractivity (Wildman–Crippen MR) is 112 cm³/mol. The molecule has 2 aliphatic rings. The molecule has 1 unspecified atom stereocenters. The number of ketones is 1. The van der Waals surface area contributed by atoms with E-state index in [1.54, 1.807) is 6.07 Å². The fourth-order valence-corrected chi connectivity index (χ4v) is 4.73. The fourth-order valence-electron chi connectivity index (χ4n) is 4.73. The fraction of sp³-hybridized carbons (Fsp3) is 0.292. The number of ether oxygens (including phenoxy) is 1. The molecule has 150 valence electrons. The van der Waals surface area contributed by atoms with Crippen molar-refractivity contribution < 1.29 is 9.53 Å². The lowest BCUT2D eigenvalue weighted by Gasteiger charge is -2.22. The summed E-state index contributed by atoms with van der Waals surface area (Å²) >= 11 is 0. The van der Waals surface area contributed by atoms with E-state index in [0.29, 0.717) is 29.6 Å². The average Bonchev–Trinajstić information content (AvgIpc) is 3.50. The van der Waals surface area contributed by atoms with Crippen molar-refractivity contribution in [3.8, 4) is 28.8 Å². The minimum atomic E-state index is 0.0147. The van der Waals surface area contributed by atoms with Crippen molar-refractivity contribution in [2.45, 2.75) is 31.3 Å². The Morgan fingerprint density at radius 3 is 2.73 bits per heavy atom. The lowest BCUT2D eigenvalue weighted by Crippen LogP contribution is -2.30. The number of nitrogens with one attached hydrogen (secondary N) is 2. The van der Waals surface area contributed by atoms with Gasteiger partial charge in [-0.1, -0.05) is 30.3 Å². The van der Waals surface area contributed by atoms with Gasteiger partial charge in [-0.05, 0) is 49.1 Å². The Morgan fingerprint density at radius 1 is 1.13 bits per heavy atom. The summed E-state index contributed by atoms with van der Waals surface area (Å²) in [5.74, 6) is 1.68. The number of Topliss-reactive ketones (excluding diaryl/α,β-unsaturated/α-hetero) is 1. The molecule has 5 rings (SSSR count). The first-order valence-electron chi connectivity index (χ1n) is 10.3. The number of aromatic amines is 1. The zero-order chi connectivity index (χ0) is 20.5. The van der Waals surface area contributed by atoms with Crippen LogP contribution in [0.1, 0.15) is 29.8 Å². The number of nitriles is 1. The van der Waals surface area contributed by atoms with Crippen molar-refractivity contribution in [3.63, 3.8) is 0 Å². The number of H-pyrrole nitrogens is 1. The highest BCUT2D eigenvalue weighted by molar-refractivity contribution is 5.95. The van der Waals surface area contributed by atoms with Crippen molar-refractivity contribution in [1.29, 1.82) is 5.26 Å². The first kappa shape index (κ1) is 18.6.